The Kier molecular flexibility index (Phi) is 12.3. The van der Waals surface area contributed by atoms with Crippen LogP contribution < -0.4 is 16.0 Å². The molecular formula is C53H71N5O6. The van der Waals surface area contributed by atoms with Gasteiger partial charge in [-0.25, -0.2) is 9.78 Å². The van der Waals surface area contributed by atoms with Crippen LogP contribution in [0, 0.1) is 56.7 Å². The summed E-state index contributed by atoms with van der Waals surface area (Å²) in [6, 6.07) is 13.1. The number of amides is 3. The number of aliphatic hydroxyl groups is 1. The first-order valence-electron chi connectivity index (χ1n) is 23.9. The molecule has 11 nitrogen and oxygen atoms in total. The van der Waals surface area contributed by atoms with E-state index in [1.807, 2.05) is 18.2 Å². The van der Waals surface area contributed by atoms with E-state index in [1.165, 1.54) is 37.4 Å². The van der Waals surface area contributed by atoms with Crippen molar-refractivity contribution in [2.75, 3.05) is 6.54 Å². The number of carboxylic acid groups (broad SMARTS) is 1. The van der Waals surface area contributed by atoms with Gasteiger partial charge in [0.25, 0.3) is 11.8 Å². The maximum Gasteiger partial charge on any atom is 0.326 e. The Hall–Kier alpha value is -4.77. The molecule has 8 rings (SSSR count). The predicted octanol–water partition coefficient (Wildman–Crippen LogP) is 8.44. The van der Waals surface area contributed by atoms with E-state index >= 15 is 0 Å². The fourth-order valence-corrected chi connectivity index (χ4v) is 15.0. The highest BCUT2D eigenvalue weighted by Gasteiger charge is 2.71. The number of aliphatic hydroxyl groups excluding tert-OH is 1. The zero-order valence-electron chi connectivity index (χ0n) is 38.9. The summed E-state index contributed by atoms with van der Waals surface area (Å²) in [5, 5.41) is 29.7. The minimum Gasteiger partial charge on any atom is -0.480 e. The molecule has 0 spiro atoms. The Balaban J connectivity index is 0.880. The highest BCUT2D eigenvalue weighted by atomic mass is 16.4. The van der Waals surface area contributed by atoms with Gasteiger partial charge in [0.2, 0.25) is 5.91 Å². The molecule has 2 aromatic carbocycles. The molecule has 64 heavy (non-hydrogen) atoms. The van der Waals surface area contributed by atoms with Crippen molar-refractivity contribution in [3.63, 3.8) is 0 Å². The number of aromatic nitrogens is 2. The number of H-pyrrole nitrogens is 1. The number of rotatable bonds is 13. The van der Waals surface area contributed by atoms with E-state index in [-0.39, 0.29) is 58.5 Å². The van der Waals surface area contributed by atoms with Crippen LogP contribution in [0.15, 0.2) is 73.2 Å². The number of allylic oxidation sites excluding steroid dienone is 1. The number of carbonyl (C=O) groups excluding carboxylic acids is 3. The third kappa shape index (κ3) is 7.81. The molecule has 5 aliphatic rings. The Bertz CT molecular complexity index is 2260. The first-order chi connectivity index (χ1) is 30.3. The first-order valence-corrected chi connectivity index (χ1v) is 23.9. The summed E-state index contributed by atoms with van der Waals surface area (Å²) in [7, 11) is 0. The SMILES string of the molecule is C=C(C)[C@@H]1CC[C@]2(C(=O)NCCc3cccc(C(=O)NCc4ccc(C(=O)NC(Cc5cnc[nH]5)C(=O)O)cc4)c3)CC[C@]3(C)C(CCC4[C@@]5(C)CC[C@H](O)C(C)(C)C5CC[C@]43C)C12. The van der Waals surface area contributed by atoms with Crippen molar-refractivity contribution in [1.82, 2.24) is 25.9 Å². The number of fused-ring (bicyclic) bond motifs is 7. The molecule has 5 unspecified atom stereocenters. The zero-order valence-corrected chi connectivity index (χ0v) is 38.9. The number of hydrogen-bond donors (Lipinski definition) is 6. The maximum atomic E-state index is 14.8. The molecule has 344 valence electrons. The minimum atomic E-state index is -1.15. The van der Waals surface area contributed by atoms with Crippen LogP contribution in [0.1, 0.15) is 143 Å². The van der Waals surface area contributed by atoms with Crippen LogP contribution in [-0.4, -0.2) is 62.6 Å². The summed E-state index contributed by atoms with van der Waals surface area (Å²) >= 11 is 0. The molecule has 11 heteroatoms. The first kappa shape index (κ1) is 45.8. The van der Waals surface area contributed by atoms with E-state index < -0.39 is 23.3 Å². The van der Waals surface area contributed by atoms with Crippen molar-refractivity contribution in [2.24, 2.45) is 56.7 Å². The molecule has 5 fully saturated rings. The van der Waals surface area contributed by atoms with Gasteiger partial charge < -0.3 is 31.1 Å². The summed E-state index contributed by atoms with van der Waals surface area (Å²) in [6.45, 7) is 19.9. The predicted molar refractivity (Wildman–Crippen MR) is 247 cm³/mol. The average Bonchev–Trinajstić information content (AvgIpc) is 3.94. The Labute approximate surface area is 379 Å². The Morgan fingerprint density at radius 2 is 1.59 bits per heavy atom. The minimum absolute atomic E-state index is 0.0746. The summed E-state index contributed by atoms with van der Waals surface area (Å²) in [5.74, 6) is 0.532. The smallest absolute Gasteiger partial charge is 0.326 e. The summed E-state index contributed by atoms with van der Waals surface area (Å²) in [5.41, 5.74) is 4.47. The van der Waals surface area contributed by atoms with Gasteiger partial charge in [0.1, 0.15) is 6.04 Å². The number of nitrogens with one attached hydrogen (secondary N) is 4. The van der Waals surface area contributed by atoms with Crippen molar-refractivity contribution >= 4 is 23.7 Å². The molecule has 0 aliphatic heterocycles. The summed E-state index contributed by atoms with van der Waals surface area (Å²) < 4.78 is 0. The molecular weight excluding hydrogens is 803 g/mol. The van der Waals surface area contributed by atoms with E-state index in [2.05, 4.69) is 74.0 Å². The second-order valence-corrected chi connectivity index (χ2v) is 21.9. The molecule has 5 saturated carbocycles. The number of nitrogens with zero attached hydrogens (tertiary/aromatic N) is 1. The quantitative estimate of drug-likeness (QED) is 0.0936. The van der Waals surface area contributed by atoms with E-state index in [0.29, 0.717) is 53.5 Å². The topological polar surface area (TPSA) is 174 Å². The standard InChI is InChI=1S/C53H71N5O6/c1-32(2)38-17-23-53(25-24-51(6)39(44(38)53)15-16-42-50(5)21-19-43(59)49(3,4)41(50)18-22-52(42,51)7)48(64)55-26-20-33-9-8-10-36(27-33)45(60)56-29-34-11-13-35(14-12-34)46(61)58-40(47(62)63)28-37-30-54-31-57-37/h8-14,27,30-31,38-44,59H,1,15-26,28-29H2,2-7H3,(H,54,57)(H,55,64)(H,56,60)(H,58,61)(H,62,63)/t38-,39?,40?,41?,42?,43-,44?,50-,51+,52+,53-/m0/s1. The molecule has 11 atom stereocenters. The molecule has 0 bridgehead atoms. The van der Waals surface area contributed by atoms with Gasteiger partial charge in [0.15, 0.2) is 0 Å². The van der Waals surface area contributed by atoms with Crippen LogP contribution >= 0.6 is 0 Å². The number of imidazole rings is 1. The zero-order chi connectivity index (χ0) is 45.8. The lowest BCUT2D eigenvalue weighted by Crippen LogP contribution is -2.67. The van der Waals surface area contributed by atoms with Gasteiger partial charge >= 0.3 is 5.97 Å². The van der Waals surface area contributed by atoms with Crippen LogP contribution in [0.4, 0.5) is 0 Å². The van der Waals surface area contributed by atoms with Gasteiger partial charge in [-0.05, 0) is 164 Å². The molecule has 0 radical (unpaired) electrons. The molecule has 5 aliphatic carbocycles. The lowest BCUT2D eigenvalue weighted by molar-refractivity contribution is -0.246. The van der Waals surface area contributed by atoms with E-state index in [4.69, 9.17) is 0 Å². The monoisotopic (exact) mass is 874 g/mol. The van der Waals surface area contributed by atoms with Gasteiger partial charge in [-0.15, -0.1) is 0 Å². The summed E-state index contributed by atoms with van der Waals surface area (Å²) in [6.07, 6.45) is 14.1. The average molecular weight is 874 g/mol. The van der Waals surface area contributed by atoms with Crippen LogP contribution in [0.2, 0.25) is 0 Å². The number of carbonyl (C=O) groups is 4. The van der Waals surface area contributed by atoms with Gasteiger partial charge in [0.05, 0.1) is 17.8 Å². The number of carboxylic acids is 1. The second-order valence-electron chi connectivity index (χ2n) is 21.9. The fraction of sp³-hybridized carbons (Fsp3) is 0.604. The molecule has 1 heterocycles. The van der Waals surface area contributed by atoms with Crippen molar-refractivity contribution in [2.45, 2.75) is 137 Å². The van der Waals surface area contributed by atoms with Crippen LogP contribution in [0.5, 0.6) is 0 Å². The highest BCUT2D eigenvalue weighted by Crippen LogP contribution is 2.77. The molecule has 1 aromatic heterocycles. The lowest BCUT2D eigenvalue weighted by Gasteiger charge is -2.72. The molecule has 3 aromatic rings. The van der Waals surface area contributed by atoms with Crippen LogP contribution in [0.3, 0.4) is 0 Å². The van der Waals surface area contributed by atoms with Crippen molar-refractivity contribution in [1.29, 1.82) is 0 Å². The van der Waals surface area contributed by atoms with Crippen LogP contribution in [0.25, 0.3) is 0 Å². The van der Waals surface area contributed by atoms with Crippen molar-refractivity contribution in [3.8, 4) is 0 Å². The molecule has 0 saturated heterocycles. The second kappa shape index (κ2) is 17.2. The third-order valence-electron chi connectivity index (χ3n) is 18.6. The number of hydrogen-bond acceptors (Lipinski definition) is 6. The van der Waals surface area contributed by atoms with Gasteiger partial charge in [-0.2, -0.15) is 0 Å². The Morgan fingerprint density at radius 3 is 2.30 bits per heavy atom. The summed E-state index contributed by atoms with van der Waals surface area (Å²) in [4.78, 5) is 59.4. The lowest BCUT2D eigenvalue weighted by atomic mass is 9.32. The highest BCUT2D eigenvalue weighted by molar-refractivity contribution is 5.97. The number of aliphatic carboxylic acids is 1. The van der Waals surface area contributed by atoms with E-state index in [1.54, 1.807) is 30.3 Å². The van der Waals surface area contributed by atoms with Crippen molar-refractivity contribution in [3.05, 3.63) is 101 Å². The maximum absolute atomic E-state index is 14.8. The normalized spacial score (nSPS) is 34.2. The number of aromatic amines is 1. The van der Waals surface area contributed by atoms with E-state index in [9.17, 15) is 29.4 Å². The Morgan fingerprint density at radius 1 is 0.828 bits per heavy atom. The third-order valence-corrected chi connectivity index (χ3v) is 18.6. The molecule has 6 N–H and O–H groups in total. The number of benzene rings is 2. The van der Waals surface area contributed by atoms with Gasteiger partial charge in [0, 0.05) is 42.5 Å². The molecule has 3 amide bonds. The van der Waals surface area contributed by atoms with Crippen LogP contribution in [-0.2, 0) is 29.0 Å². The van der Waals surface area contributed by atoms with Gasteiger partial charge in [-0.3, -0.25) is 14.4 Å². The fourth-order valence-electron chi connectivity index (χ4n) is 15.0. The largest absolute Gasteiger partial charge is 0.480 e. The van der Waals surface area contributed by atoms with E-state index in [0.717, 1.165) is 56.1 Å². The van der Waals surface area contributed by atoms with Crippen molar-refractivity contribution < 1.29 is 29.4 Å². The van der Waals surface area contributed by atoms with Gasteiger partial charge in [-0.1, -0.05) is 71.0 Å².